The molecule has 0 saturated carbocycles. The molecule has 1 aromatic heterocycles. The van der Waals surface area contributed by atoms with E-state index in [1.807, 2.05) is 75.6 Å². The standard InChI is InChI=1S/C20H21N3O/c1-14-4-8-16(9-5-14)18-12-23(20(21)22(18)3)13-19(24)17-10-6-15(2)7-11-17/h4-12,21H,13H2,1-3H3. The monoisotopic (exact) mass is 319 g/mol. The molecule has 0 aliphatic heterocycles. The number of imidazole rings is 1. The lowest BCUT2D eigenvalue weighted by Crippen LogP contribution is -2.25. The maximum absolute atomic E-state index is 12.5. The first-order chi connectivity index (χ1) is 11.5. The van der Waals surface area contributed by atoms with Gasteiger partial charge in [-0.15, -0.1) is 0 Å². The van der Waals surface area contributed by atoms with Crippen molar-refractivity contribution in [3.05, 3.63) is 77.0 Å². The van der Waals surface area contributed by atoms with Gasteiger partial charge in [0.2, 0.25) is 5.62 Å². The van der Waals surface area contributed by atoms with Crippen LogP contribution in [0, 0.1) is 19.3 Å². The summed E-state index contributed by atoms with van der Waals surface area (Å²) in [5.41, 5.74) is 5.28. The summed E-state index contributed by atoms with van der Waals surface area (Å²) in [5, 5.41) is 8.27. The number of hydrogen-bond donors (Lipinski definition) is 1. The van der Waals surface area contributed by atoms with E-state index in [0.29, 0.717) is 11.2 Å². The van der Waals surface area contributed by atoms with Crippen LogP contribution in [0.1, 0.15) is 21.5 Å². The van der Waals surface area contributed by atoms with E-state index >= 15 is 0 Å². The van der Waals surface area contributed by atoms with Crippen molar-refractivity contribution < 1.29 is 4.79 Å². The summed E-state index contributed by atoms with van der Waals surface area (Å²) < 4.78 is 3.49. The Labute approximate surface area is 141 Å². The highest BCUT2D eigenvalue weighted by Gasteiger charge is 2.12. The molecule has 1 heterocycles. The molecule has 0 atom stereocenters. The van der Waals surface area contributed by atoms with E-state index in [9.17, 15) is 4.79 Å². The van der Waals surface area contributed by atoms with Gasteiger partial charge in [-0.1, -0.05) is 59.7 Å². The minimum Gasteiger partial charge on any atom is -0.314 e. The topological polar surface area (TPSA) is 50.8 Å². The Hall–Kier alpha value is -2.88. The second kappa shape index (κ2) is 6.32. The Morgan fingerprint density at radius 3 is 2.08 bits per heavy atom. The third-order valence-corrected chi connectivity index (χ3v) is 4.26. The highest BCUT2D eigenvalue weighted by molar-refractivity contribution is 5.95. The minimum absolute atomic E-state index is 0.00885. The number of Topliss-reactive ketones (excluding diaryl/α,β-unsaturated/α-hetero) is 1. The Balaban J connectivity index is 1.91. The first kappa shape index (κ1) is 16.0. The average Bonchev–Trinajstić information content (AvgIpc) is 2.85. The van der Waals surface area contributed by atoms with Gasteiger partial charge in [0.05, 0.1) is 12.2 Å². The Bertz CT molecular complexity index is 929. The molecule has 122 valence electrons. The quantitative estimate of drug-likeness (QED) is 0.736. The number of benzene rings is 2. The fourth-order valence-corrected chi connectivity index (χ4v) is 2.70. The summed E-state index contributed by atoms with van der Waals surface area (Å²) in [6.07, 6.45) is 1.87. The molecule has 3 aromatic rings. The molecule has 4 nitrogen and oxygen atoms in total. The molecule has 0 amide bonds. The first-order valence-corrected chi connectivity index (χ1v) is 7.93. The number of ketones is 1. The highest BCUT2D eigenvalue weighted by Crippen LogP contribution is 2.18. The van der Waals surface area contributed by atoms with E-state index in [2.05, 4.69) is 0 Å². The van der Waals surface area contributed by atoms with Gasteiger partial charge in [0.25, 0.3) is 0 Å². The van der Waals surface area contributed by atoms with Gasteiger partial charge in [0, 0.05) is 18.8 Å². The normalized spacial score (nSPS) is 10.8. The Morgan fingerprint density at radius 1 is 0.958 bits per heavy atom. The first-order valence-electron chi connectivity index (χ1n) is 7.93. The zero-order valence-electron chi connectivity index (χ0n) is 14.2. The molecular formula is C20H21N3O. The maximum atomic E-state index is 12.5. The molecule has 0 radical (unpaired) electrons. The lowest BCUT2D eigenvalue weighted by molar-refractivity contribution is 0.0970. The van der Waals surface area contributed by atoms with Gasteiger partial charge in [-0.25, -0.2) is 0 Å². The zero-order valence-corrected chi connectivity index (χ0v) is 14.2. The number of hydrogen-bond acceptors (Lipinski definition) is 2. The van der Waals surface area contributed by atoms with Crippen LogP contribution >= 0.6 is 0 Å². The van der Waals surface area contributed by atoms with Crippen molar-refractivity contribution >= 4 is 5.78 Å². The van der Waals surface area contributed by atoms with Gasteiger partial charge in [-0.2, -0.15) is 0 Å². The van der Waals surface area contributed by atoms with Gasteiger partial charge in [0.1, 0.15) is 0 Å². The molecule has 4 heteroatoms. The van der Waals surface area contributed by atoms with Crippen LogP contribution in [-0.2, 0) is 13.6 Å². The predicted octanol–water partition coefficient (Wildman–Crippen LogP) is 3.47. The van der Waals surface area contributed by atoms with Crippen molar-refractivity contribution in [2.24, 2.45) is 7.05 Å². The number of nitrogens with one attached hydrogen (secondary N) is 1. The van der Waals surface area contributed by atoms with Crippen molar-refractivity contribution in [2.75, 3.05) is 0 Å². The molecule has 0 aliphatic carbocycles. The summed E-state index contributed by atoms with van der Waals surface area (Å²) in [6, 6.07) is 15.7. The van der Waals surface area contributed by atoms with Gasteiger partial charge in [-0.05, 0) is 19.4 Å². The average molecular weight is 319 g/mol. The van der Waals surface area contributed by atoms with Crippen molar-refractivity contribution in [1.29, 1.82) is 5.41 Å². The van der Waals surface area contributed by atoms with Gasteiger partial charge in [0.15, 0.2) is 5.78 Å². The van der Waals surface area contributed by atoms with Gasteiger partial charge in [-0.3, -0.25) is 10.2 Å². The molecule has 0 unspecified atom stereocenters. The number of carbonyl (C=O) groups is 1. The van der Waals surface area contributed by atoms with Crippen LogP contribution in [0.5, 0.6) is 0 Å². The van der Waals surface area contributed by atoms with Gasteiger partial charge < -0.3 is 9.13 Å². The molecule has 24 heavy (non-hydrogen) atoms. The molecular weight excluding hydrogens is 298 g/mol. The molecule has 3 rings (SSSR count). The fraction of sp³-hybridized carbons (Fsp3) is 0.200. The van der Waals surface area contributed by atoms with E-state index in [1.165, 1.54) is 5.56 Å². The molecule has 1 N–H and O–H groups in total. The summed E-state index contributed by atoms with van der Waals surface area (Å²) >= 11 is 0. The lowest BCUT2D eigenvalue weighted by atomic mass is 10.1. The Kier molecular flexibility index (Phi) is 4.21. The van der Waals surface area contributed by atoms with Crippen LogP contribution in [0.3, 0.4) is 0 Å². The minimum atomic E-state index is 0.00885. The van der Waals surface area contributed by atoms with Crippen molar-refractivity contribution in [3.8, 4) is 11.3 Å². The molecule has 0 aliphatic rings. The summed E-state index contributed by atoms with van der Waals surface area (Å²) in [6.45, 7) is 4.21. The zero-order chi connectivity index (χ0) is 17.3. The van der Waals surface area contributed by atoms with Crippen molar-refractivity contribution in [3.63, 3.8) is 0 Å². The fourth-order valence-electron chi connectivity index (χ4n) is 2.70. The molecule has 0 bridgehead atoms. The van der Waals surface area contributed by atoms with Crippen LogP contribution in [-0.4, -0.2) is 14.9 Å². The van der Waals surface area contributed by atoms with Crippen LogP contribution < -0.4 is 5.62 Å². The summed E-state index contributed by atoms with van der Waals surface area (Å²) in [4.78, 5) is 12.5. The third kappa shape index (κ3) is 3.08. The predicted molar refractivity (Wildman–Crippen MR) is 94.9 cm³/mol. The van der Waals surface area contributed by atoms with E-state index in [0.717, 1.165) is 16.8 Å². The van der Waals surface area contributed by atoms with Crippen molar-refractivity contribution in [2.45, 2.75) is 20.4 Å². The maximum Gasteiger partial charge on any atom is 0.202 e. The van der Waals surface area contributed by atoms with Gasteiger partial charge >= 0.3 is 0 Å². The number of aryl methyl sites for hydroxylation is 2. The number of rotatable bonds is 4. The molecule has 0 fully saturated rings. The van der Waals surface area contributed by atoms with Crippen LogP contribution in [0.15, 0.2) is 54.7 Å². The van der Waals surface area contributed by atoms with E-state index < -0.39 is 0 Å². The van der Waals surface area contributed by atoms with Crippen molar-refractivity contribution in [1.82, 2.24) is 9.13 Å². The summed E-state index contributed by atoms with van der Waals surface area (Å²) in [5.74, 6) is 0.00885. The SMILES string of the molecule is Cc1ccc(C(=O)Cn2cc(-c3ccc(C)cc3)n(C)c2=N)cc1. The number of nitrogens with zero attached hydrogens (tertiary/aromatic N) is 2. The van der Waals surface area contributed by atoms with Crippen LogP contribution in [0.4, 0.5) is 0 Å². The smallest absolute Gasteiger partial charge is 0.202 e. The Morgan fingerprint density at radius 2 is 1.50 bits per heavy atom. The van der Waals surface area contributed by atoms with Crippen LogP contribution in [0.25, 0.3) is 11.3 Å². The highest BCUT2D eigenvalue weighted by atomic mass is 16.1. The van der Waals surface area contributed by atoms with E-state index in [1.54, 1.807) is 9.13 Å². The molecule has 0 spiro atoms. The summed E-state index contributed by atoms with van der Waals surface area (Å²) in [7, 11) is 1.85. The second-order valence-electron chi connectivity index (χ2n) is 6.18. The van der Waals surface area contributed by atoms with E-state index in [4.69, 9.17) is 5.41 Å². The molecule has 2 aromatic carbocycles. The molecule has 0 saturated heterocycles. The van der Waals surface area contributed by atoms with E-state index in [-0.39, 0.29) is 12.3 Å². The largest absolute Gasteiger partial charge is 0.314 e. The third-order valence-electron chi connectivity index (χ3n) is 4.26. The lowest BCUT2D eigenvalue weighted by Gasteiger charge is -2.03. The van der Waals surface area contributed by atoms with Crippen LogP contribution in [0.2, 0.25) is 0 Å². The number of carbonyl (C=O) groups excluding carboxylic acids is 1. The number of aromatic nitrogens is 2. The second-order valence-corrected chi connectivity index (χ2v) is 6.18.